The van der Waals surface area contributed by atoms with E-state index < -0.39 is 0 Å². The van der Waals surface area contributed by atoms with Crippen molar-refractivity contribution in [2.24, 2.45) is 0 Å². The largest absolute Gasteiger partial charge is 0.490 e. The Hall–Kier alpha value is -1.72. The number of carbonyl (C=O) groups is 1. The van der Waals surface area contributed by atoms with E-state index in [9.17, 15) is 4.79 Å². The molecule has 0 aliphatic rings. The quantitative estimate of drug-likeness (QED) is 0.655. The van der Waals surface area contributed by atoms with Gasteiger partial charge in [0.05, 0.1) is 23.8 Å². The molecule has 25 heavy (non-hydrogen) atoms. The van der Waals surface area contributed by atoms with Gasteiger partial charge in [-0.25, -0.2) is 0 Å². The Balaban J connectivity index is 1.98. The van der Waals surface area contributed by atoms with Crippen molar-refractivity contribution in [1.82, 2.24) is 5.32 Å². The van der Waals surface area contributed by atoms with Crippen LogP contribution in [0.15, 0.2) is 40.9 Å². The Morgan fingerprint density at radius 2 is 1.80 bits per heavy atom. The highest BCUT2D eigenvalue weighted by atomic mass is 79.9. The van der Waals surface area contributed by atoms with Crippen molar-refractivity contribution in [2.45, 2.75) is 20.3 Å². The third kappa shape index (κ3) is 5.65. The average Bonchev–Trinajstić information content (AvgIpc) is 2.59. The maximum atomic E-state index is 12.3. The molecule has 0 aromatic heterocycles. The number of hydrogen-bond donors (Lipinski definition) is 1. The fourth-order valence-corrected chi connectivity index (χ4v) is 2.90. The van der Waals surface area contributed by atoms with Gasteiger partial charge in [-0.05, 0) is 56.2 Å². The van der Waals surface area contributed by atoms with Gasteiger partial charge in [0.2, 0.25) is 0 Å². The van der Waals surface area contributed by atoms with Crippen LogP contribution in [0.5, 0.6) is 11.5 Å². The standard InChI is InChI=1S/C19H21BrClNO3/c1-3-24-17-8-5-13(11-18(17)25-4-2)9-10-22-19(23)15-12-14(20)6-7-16(15)21/h5-8,11-12H,3-4,9-10H2,1-2H3,(H,22,23). The van der Waals surface area contributed by atoms with Gasteiger partial charge in [-0.15, -0.1) is 0 Å². The van der Waals surface area contributed by atoms with Crippen molar-refractivity contribution < 1.29 is 14.3 Å². The third-order valence-electron chi connectivity index (χ3n) is 3.48. The summed E-state index contributed by atoms with van der Waals surface area (Å²) in [5, 5.41) is 3.32. The fraction of sp³-hybridized carbons (Fsp3) is 0.316. The molecule has 0 aliphatic carbocycles. The molecule has 0 heterocycles. The predicted octanol–water partition coefficient (Wildman–Crippen LogP) is 4.87. The summed E-state index contributed by atoms with van der Waals surface area (Å²) in [5.41, 5.74) is 1.52. The maximum absolute atomic E-state index is 12.3. The van der Waals surface area contributed by atoms with Gasteiger partial charge in [0.15, 0.2) is 11.5 Å². The summed E-state index contributed by atoms with van der Waals surface area (Å²) >= 11 is 9.42. The molecule has 0 fully saturated rings. The minimum absolute atomic E-state index is 0.192. The molecule has 0 saturated carbocycles. The van der Waals surface area contributed by atoms with Gasteiger partial charge in [0, 0.05) is 11.0 Å². The lowest BCUT2D eigenvalue weighted by atomic mass is 10.1. The van der Waals surface area contributed by atoms with Crippen molar-refractivity contribution in [3.8, 4) is 11.5 Å². The molecule has 134 valence electrons. The Morgan fingerprint density at radius 3 is 2.52 bits per heavy atom. The molecule has 2 aromatic carbocycles. The smallest absolute Gasteiger partial charge is 0.252 e. The molecule has 2 rings (SSSR count). The van der Waals surface area contributed by atoms with Gasteiger partial charge in [-0.2, -0.15) is 0 Å². The van der Waals surface area contributed by atoms with Gasteiger partial charge in [-0.1, -0.05) is 33.6 Å². The summed E-state index contributed by atoms with van der Waals surface area (Å²) in [6.07, 6.45) is 0.684. The van der Waals surface area contributed by atoms with Crippen LogP contribution < -0.4 is 14.8 Å². The first kappa shape index (κ1) is 19.6. The second kappa shape index (κ2) is 9.68. The zero-order chi connectivity index (χ0) is 18.2. The second-order valence-electron chi connectivity index (χ2n) is 5.28. The lowest BCUT2D eigenvalue weighted by Crippen LogP contribution is -2.26. The van der Waals surface area contributed by atoms with Gasteiger partial charge in [-0.3, -0.25) is 4.79 Å². The Kier molecular flexibility index (Phi) is 7.59. The number of amides is 1. The molecule has 2 aromatic rings. The first-order valence-corrected chi connectivity index (χ1v) is 9.34. The number of halogens is 2. The zero-order valence-corrected chi connectivity index (χ0v) is 16.6. The van der Waals surface area contributed by atoms with Crippen LogP contribution in [0.4, 0.5) is 0 Å². The summed E-state index contributed by atoms with van der Waals surface area (Å²) in [4.78, 5) is 12.3. The van der Waals surface area contributed by atoms with Gasteiger partial charge in [0.25, 0.3) is 5.91 Å². The van der Waals surface area contributed by atoms with Crippen LogP contribution in [0.1, 0.15) is 29.8 Å². The first-order chi connectivity index (χ1) is 12.0. The molecule has 4 nitrogen and oxygen atoms in total. The minimum atomic E-state index is -0.192. The molecule has 0 aliphatic heterocycles. The molecule has 1 amide bonds. The highest BCUT2D eigenvalue weighted by Crippen LogP contribution is 2.28. The van der Waals surface area contributed by atoms with Gasteiger partial charge in [0.1, 0.15) is 0 Å². The molecule has 0 spiro atoms. The molecular formula is C19H21BrClNO3. The number of nitrogens with one attached hydrogen (secondary N) is 1. The summed E-state index contributed by atoms with van der Waals surface area (Å²) in [6.45, 7) is 5.53. The second-order valence-corrected chi connectivity index (χ2v) is 6.60. The van der Waals surface area contributed by atoms with Crippen molar-refractivity contribution in [2.75, 3.05) is 19.8 Å². The number of benzene rings is 2. The number of hydrogen-bond acceptors (Lipinski definition) is 3. The van der Waals surface area contributed by atoms with Crippen LogP contribution in [-0.2, 0) is 6.42 Å². The van der Waals surface area contributed by atoms with E-state index in [-0.39, 0.29) is 5.91 Å². The van der Waals surface area contributed by atoms with E-state index in [2.05, 4.69) is 21.2 Å². The van der Waals surface area contributed by atoms with Crippen LogP contribution in [0.3, 0.4) is 0 Å². The predicted molar refractivity (Wildman–Crippen MR) is 104 cm³/mol. The molecule has 1 N–H and O–H groups in total. The monoisotopic (exact) mass is 425 g/mol. The Morgan fingerprint density at radius 1 is 1.08 bits per heavy atom. The van der Waals surface area contributed by atoms with E-state index in [1.165, 1.54) is 0 Å². The summed E-state index contributed by atoms with van der Waals surface area (Å²) in [5.74, 6) is 1.27. The zero-order valence-electron chi connectivity index (χ0n) is 14.3. The van der Waals surface area contributed by atoms with E-state index in [0.29, 0.717) is 36.8 Å². The fourth-order valence-electron chi connectivity index (χ4n) is 2.34. The minimum Gasteiger partial charge on any atom is -0.490 e. The summed E-state index contributed by atoms with van der Waals surface area (Å²) in [6, 6.07) is 11.0. The topological polar surface area (TPSA) is 47.6 Å². The highest BCUT2D eigenvalue weighted by Gasteiger charge is 2.11. The van der Waals surface area contributed by atoms with E-state index in [4.69, 9.17) is 21.1 Å². The SMILES string of the molecule is CCOc1ccc(CCNC(=O)c2cc(Br)ccc2Cl)cc1OCC. The number of rotatable bonds is 8. The van der Waals surface area contributed by atoms with Crippen molar-refractivity contribution >= 4 is 33.4 Å². The normalized spacial score (nSPS) is 10.4. The lowest BCUT2D eigenvalue weighted by molar-refractivity contribution is 0.0954. The van der Waals surface area contributed by atoms with Crippen LogP contribution in [0, 0.1) is 0 Å². The van der Waals surface area contributed by atoms with E-state index >= 15 is 0 Å². The molecular weight excluding hydrogens is 406 g/mol. The number of ether oxygens (including phenoxy) is 2. The van der Waals surface area contributed by atoms with Crippen LogP contribution >= 0.6 is 27.5 Å². The van der Waals surface area contributed by atoms with Crippen LogP contribution in [0.25, 0.3) is 0 Å². The summed E-state index contributed by atoms with van der Waals surface area (Å²) in [7, 11) is 0. The van der Waals surface area contributed by atoms with Crippen molar-refractivity contribution in [3.05, 3.63) is 57.0 Å². The van der Waals surface area contributed by atoms with E-state index in [1.54, 1.807) is 18.2 Å². The molecule has 0 radical (unpaired) electrons. The molecule has 6 heteroatoms. The Bertz CT molecular complexity index is 737. The maximum Gasteiger partial charge on any atom is 0.252 e. The highest BCUT2D eigenvalue weighted by molar-refractivity contribution is 9.10. The first-order valence-electron chi connectivity index (χ1n) is 8.17. The van der Waals surface area contributed by atoms with Gasteiger partial charge >= 0.3 is 0 Å². The van der Waals surface area contributed by atoms with Gasteiger partial charge < -0.3 is 14.8 Å². The number of carbonyl (C=O) groups excluding carboxylic acids is 1. The third-order valence-corrected chi connectivity index (χ3v) is 4.30. The molecule has 0 bridgehead atoms. The van der Waals surface area contributed by atoms with Crippen LogP contribution in [-0.4, -0.2) is 25.7 Å². The summed E-state index contributed by atoms with van der Waals surface area (Å²) < 4.78 is 12.0. The van der Waals surface area contributed by atoms with E-state index in [0.717, 1.165) is 21.5 Å². The van der Waals surface area contributed by atoms with Crippen molar-refractivity contribution in [3.63, 3.8) is 0 Å². The molecule has 0 unspecified atom stereocenters. The van der Waals surface area contributed by atoms with E-state index in [1.807, 2.05) is 32.0 Å². The molecule has 0 saturated heterocycles. The average molecular weight is 427 g/mol. The molecule has 0 atom stereocenters. The Labute approximate surface area is 161 Å². The lowest BCUT2D eigenvalue weighted by Gasteiger charge is -2.13. The van der Waals surface area contributed by atoms with Crippen LogP contribution in [0.2, 0.25) is 5.02 Å². The van der Waals surface area contributed by atoms with Crippen molar-refractivity contribution in [1.29, 1.82) is 0 Å².